The number of aliphatic carboxylic acids is 1. The van der Waals surface area contributed by atoms with Crippen molar-refractivity contribution in [2.75, 3.05) is 4.90 Å². The van der Waals surface area contributed by atoms with Crippen LogP contribution in [0.4, 0.5) is 10.1 Å². The second kappa shape index (κ2) is 5.07. The van der Waals surface area contributed by atoms with Gasteiger partial charge in [0.25, 0.3) is 11.8 Å². The number of amides is 2. The molecule has 0 spiro atoms. The molecule has 0 saturated carbocycles. The van der Waals surface area contributed by atoms with Gasteiger partial charge in [0.2, 0.25) is 0 Å². The summed E-state index contributed by atoms with van der Waals surface area (Å²) in [6.07, 6.45) is 0. The summed E-state index contributed by atoms with van der Waals surface area (Å²) in [4.78, 5) is 37.0. The van der Waals surface area contributed by atoms with E-state index in [-0.39, 0.29) is 16.8 Å². The van der Waals surface area contributed by atoms with Crippen LogP contribution in [0.1, 0.15) is 21.8 Å². The second-order valence-electron chi connectivity index (χ2n) is 4.79. The standard InChI is InChI=1S/C16H10FNO4/c17-11-7-3-4-8-12(11)18-14(19)10-6-2-1-5-9(10)13(15(18)20)16(21)22/h1-8,13H,(H,21,22). The number of hydrogen-bond acceptors (Lipinski definition) is 3. The van der Waals surface area contributed by atoms with Gasteiger partial charge in [0.05, 0.1) is 5.69 Å². The highest BCUT2D eigenvalue weighted by molar-refractivity contribution is 6.30. The van der Waals surface area contributed by atoms with Crippen molar-refractivity contribution in [1.82, 2.24) is 0 Å². The molecule has 0 aromatic heterocycles. The summed E-state index contributed by atoms with van der Waals surface area (Å²) in [5, 5.41) is 9.32. The van der Waals surface area contributed by atoms with Crippen molar-refractivity contribution in [1.29, 1.82) is 0 Å². The minimum atomic E-state index is -1.53. The Bertz CT molecular complexity index is 802. The zero-order chi connectivity index (χ0) is 15.9. The van der Waals surface area contributed by atoms with Crippen LogP contribution in [0.3, 0.4) is 0 Å². The van der Waals surface area contributed by atoms with Crippen LogP contribution in [-0.2, 0) is 9.59 Å². The summed E-state index contributed by atoms with van der Waals surface area (Å²) in [7, 11) is 0. The van der Waals surface area contributed by atoms with Crippen LogP contribution in [0.15, 0.2) is 48.5 Å². The summed E-state index contributed by atoms with van der Waals surface area (Å²) in [6, 6.07) is 11.2. The van der Waals surface area contributed by atoms with E-state index in [9.17, 15) is 23.9 Å². The third-order valence-corrected chi connectivity index (χ3v) is 3.51. The lowest BCUT2D eigenvalue weighted by molar-refractivity contribution is -0.142. The molecule has 110 valence electrons. The predicted octanol–water partition coefficient (Wildman–Crippen LogP) is 2.18. The molecule has 0 saturated heterocycles. The Hall–Kier alpha value is -3.02. The molecule has 0 bridgehead atoms. The molecule has 1 atom stereocenters. The minimum Gasteiger partial charge on any atom is -0.480 e. The molecule has 1 heterocycles. The fourth-order valence-electron chi connectivity index (χ4n) is 2.53. The average molecular weight is 299 g/mol. The van der Waals surface area contributed by atoms with Crippen molar-refractivity contribution in [3.05, 3.63) is 65.5 Å². The molecule has 1 N–H and O–H groups in total. The first-order valence-corrected chi connectivity index (χ1v) is 6.47. The van der Waals surface area contributed by atoms with Gasteiger partial charge in [0.15, 0.2) is 5.92 Å². The monoisotopic (exact) mass is 299 g/mol. The van der Waals surface area contributed by atoms with Crippen molar-refractivity contribution < 1.29 is 23.9 Å². The van der Waals surface area contributed by atoms with Crippen LogP contribution in [0.2, 0.25) is 0 Å². The molecule has 0 aliphatic carbocycles. The molecule has 1 aliphatic heterocycles. The lowest BCUT2D eigenvalue weighted by atomic mass is 9.88. The van der Waals surface area contributed by atoms with E-state index in [0.717, 1.165) is 6.07 Å². The highest BCUT2D eigenvalue weighted by Gasteiger charge is 2.44. The minimum absolute atomic E-state index is 0.0813. The van der Waals surface area contributed by atoms with E-state index in [2.05, 4.69) is 0 Å². The van der Waals surface area contributed by atoms with E-state index >= 15 is 0 Å². The SMILES string of the molecule is O=C(O)C1C(=O)N(c2ccccc2F)C(=O)c2ccccc21. The van der Waals surface area contributed by atoms with Gasteiger partial charge in [0, 0.05) is 5.56 Å². The molecule has 3 rings (SSSR count). The third-order valence-electron chi connectivity index (χ3n) is 3.51. The Labute approximate surface area is 124 Å². The van der Waals surface area contributed by atoms with Gasteiger partial charge < -0.3 is 5.11 Å². The fraction of sp³-hybridized carbons (Fsp3) is 0.0625. The normalized spacial score (nSPS) is 17.3. The highest BCUT2D eigenvalue weighted by Crippen LogP contribution is 2.33. The summed E-state index contributed by atoms with van der Waals surface area (Å²) in [5.41, 5.74) is -0.0476. The van der Waals surface area contributed by atoms with E-state index in [1.54, 1.807) is 12.1 Å². The molecular weight excluding hydrogens is 289 g/mol. The van der Waals surface area contributed by atoms with Gasteiger partial charge in [-0.15, -0.1) is 0 Å². The third kappa shape index (κ3) is 1.96. The fourth-order valence-corrected chi connectivity index (χ4v) is 2.53. The molecule has 22 heavy (non-hydrogen) atoms. The van der Waals surface area contributed by atoms with E-state index < -0.39 is 29.5 Å². The number of rotatable bonds is 2. The van der Waals surface area contributed by atoms with Gasteiger partial charge in [-0.3, -0.25) is 14.4 Å². The van der Waals surface area contributed by atoms with Crippen molar-refractivity contribution in [3.63, 3.8) is 0 Å². The van der Waals surface area contributed by atoms with Gasteiger partial charge in [-0.2, -0.15) is 0 Å². The number of fused-ring (bicyclic) bond motifs is 1. The zero-order valence-electron chi connectivity index (χ0n) is 11.2. The van der Waals surface area contributed by atoms with Gasteiger partial charge in [-0.05, 0) is 23.8 Å². The Kier molecular flexibility index (Phi) is 3.21. The predicted molar refractivity (Wildman–Crippen MR) is 75.0 cm³/mol. The molecule has 0 radical (unpaired) electrons. The molecule has 1 unspecified atom stereocenters. The number of carboxylic acid groups (broad SMARTS) is 1. The summed E-state index contributed by atoms with van der Waals surface area (Å²) in [6.45, 7) is 0. The number of anilines is 1. The largest absolute Gasteiger partial charge is 0.480 e. The number of benzene rings is 2. The van der Waals surface area contributed by atoms with Gasteiger partial charge in [-0.25, -0.2) is 9.29 Å². The molecule has 0 fully saturated rings. The smallest absolute Gasteiger partial charge is 0.320 e. The average Bonchev–Trinajstić information content (AvgIpc) is 2.49. The van der Waals surface area contributed by atoms with Gasteiger partial charge in [-0.1, -0.05) is 30.3 Å². The second-order valence-corrected chi connectivity index (χ2v) is 4.79. The number of imide groups is 1. The first kappa shape index (κ1) is 13.9. The van der Waals surface area contributed by atoms with Crippen LogP contribution in [0.5, 0.6) is 0 Å². The molecule has 2 amide bonds. The van der Waals surface area contributed by atoms with Crippen LogP contribution in [0.25, 0.3) is 0 Å². The number of hydrogen-bond donors (Lipinski definition) is 1. The van der Waals surface area contributed by atoms with Crippen LogP contribution in [0, 0.1) is 5.82 Å². The number of carboxylic acids is 1. The zero-order valence-corrected chi connectivity index (χ0v) is 11.2. The number of carbonyl (C=O) groups is 3. The lowest BCUT2D eigenvalue weighted by Crippen LogP contribution is -2.47. The Morgan fingerprint density at radius 2 is 1.68 bits per heavy atom. The van der Waals surface area contributed by atoms with Gasteiger partial charge >= 0.3 is 5.97 Å². The Morgan fingerprint density at radius 3 is 2.36 bits per heavy atom. The summed E-state index contributed by atoms with van der Waals surface area (Å²) in [5.74, 6) is -5.39. The maximum Gasteiger partial charge on any atom is 0.320 e. The van der Waals surface area contributed by atoms with E-state index in [1.807, 2.05) is 0 Å². The van der Waals surface area contributed by atoms with Crippen LogP contribution >= 0.6 is 0 Å². The first-order valence-electron chi connectivity index (χ1n) is 6.47. The quantitative estimate of drug-likeness (QED) is 0.681. The van der Waals surface area contributed by atoms with E-state index in [0.29, 0.717) is 4.90 Å². The summed E-state index contributed by atoms with van der Waals surface area (Å²) < 4.78 is 13.9. The van der Waals surface area contributed by atoms with Crippen LogP contribution in [-0.4, -0.2) is 22.9 Å². The van der Waals surface area contributed by atoms with Crippen molar-refractivity contribution in [2.45, 2.75) is 5.92 Å². The van der Waals surface area contributed by atoms with Crippen molar-refractivity contribution >= 4 is 23.5 Å². The first-order chi connectivity index (χ1) is 10.5. The molecule has 2 aromatic carbocycles. The topological polar surface area (TPSA) is 74.7 Å². The Morgan fingerprint density at radius 1 is 1.05 bits per heavy atom. The number of para-hydroxylation sites is 1. The number of carbonyl (C=O) groups excluding carboxylic acids is 2. The maximum absolute atomic E-state index is 13.9. The molecule has 2 aromatic rings. The Balaban J connectivity index is 2.23. The number of halogens is 1. The van der Waals surface area contributed by atoms with Crippen molar-refractivity contribution in [3.8, 4) is 0 Å². The maximum atomic E-state index is 13.9. The van der Waals surface area contributed by atoms with Crippen LogP contribution < -0.4 is 4.90 Å². The molecule has 5 nitrogen and oxygen atoms in total. The van der Waals surface area contributed by atoms with Crippen molar-refractivity contribution in [2.24, 2.45) is 0 Å². The van der Waals surface area contributed by atoms with E-state index in [1.165, 1.54) is 30.3 Å². The number of nitrogens with zero attached hydrogens (tertiary/aromatic N) is 1. The molecule has 1 aliphatic rings. The van der Waals surface area contributed by atoms with Gasteiger partial charge in [0.1, 0.15) is 5.82 Å². The molecule has 6 heteroatoms. The lowest BCUT2D eigenvalue weighted by Gasteiger charge is -2.30. The summed E-state index contributed by atoms with van der Waals surface area (Å²) >= 11 is 0. The van der Waals surface area contributed by atoms with E-state index in [4.69, 9.17) is 0 Å². The molecular formula is C16H10FNO4. The highest BCUT2D eigenvalue weighted by atomic mass is 19.1.